The standard InChI is InChI=1S/C19H27N3O3S.ClH/c1-14-6-7-16(11-17(14)22-9-4-10-26(22,24)25)21-18(23)19-8-3-2-5-15(19)12-20-13-19;/h6-7,11,15,20H,2-5,8-10,12-13H2,1H3,(H,21,23);1H/t15-,19+;/m0./s1. The van der Waals surface area contributed by atoms with Crippen LogP contribution >= 0.6 is 12.4 Å². The number of anilines is 2. The van der Waals surface area contributed by atoms with Crippen LogP contribution in [0.25, 0.3) is 0 Å². The zero-order valence-corrected chi connectivity index (χ0v) is 17.3. The quantitative estimate of drug-likeness (QED) is 0.798. The summed E-state index contributed by atoms with van der Waals surface area (Å²) < 4.78 is 26.0. The number of hydrogen-bond acceptors (Lipinski definition) is 4. The Kier molecular flexibility index (Phi) is 5.75. The van der Waals surface area contributed by atoms with Gasteiger partial charge in [-0.3, -0.25) is 9.10 Å². The fourth-order valence-electron chi connectivity index (χ4n) is 4.81. The SMILES string of the molecule is Cc1ccc(NC(=O)[C@@]23CCCC[C@H]2CNC3)cc1N1CCCS1(=O)=O.Cl. The Morgan fingerprint density at radius 3 is 2.85 bits per heavy atom. The minimum Gasteiger partial charge on any atom is -0.325 e. The van der Waals surface area contributed by atoms with Crippen LogP contribution < -0.4 is 14.9 Å². The average Bonchev–Trinajstić information content (AvgIpc) is 3.20. The molecule has 0 unspecified atom stereocenters. The van der Waals surface area contributed by atoms with E-state index in [-0.39, 0.29) is 29.5 Å². The van der Waals surface area contributed by atoms with Crippen molar-refractivity contribution < 1.29 is 13.2 Å². The third kappa shape index (κ3) is 3.57. The molecule has 2 aliphatic heterocycles. The summed E-state index contributed by atoms with van der Waals surface area (Å²) in [4.78, 5) is 13.1. The fraction of sp³-hybridized carbons (Fsp3) is 0.632. The van der Waals surface area contributed by atoms with E-state index in [2.05, 4.69) is 10.6 Å². The van der Waals surface area contributed by atoms with Crippen molar-refractivity contribution in [3.8, 4) is 0 Å². The zero-order valence-electron chi connectivity index (χ0n) is 15.7. The lowest BCUT2D eigenvalue weighted by Gasteiger charge is -2.37. The molecule has 2 heterocycles. The molecule has 6 nitrogen and oxygen atoms in total. The second-order valence-electron chi connectivity index (χ2n) is 7.93. The van der Waals surface area contributed by atoms with Crippen LogP contribution in [-0.2, 0) is 14.8 Å². The van der Waals surface area contributed by atoms with Gasteiger partial charge in [0.1, 0.15) is 0 Å². The van der Waals surface area contributed by atoms with Gasteiger partial charge in [0.2, 0.25) is 15.9 Å². The normalized spacial score (nSPS) is 29.1. The Hall–Kier alpha value is -1.31. The number of amides is 1. The highest BCUT2D eigenvalue weighted by atomic mass is 35.5. The molecule has 1 amide bonds. The lowest BCUT2D eigenvalue weighted by atomic mass is 9.67. The molecule has 3 fully saturated rings. The number of rotatable bonds is 3. The van der Waals surface area contributed by atoms with Crippen LogP contribution in [0.4, 0.5) is 11.4 Å². The molecule has 0 aromatic heterocycles. The molecule has 1 aliphatic carbocycles. The molecule has 2 saturated heterocycles. The first-order valence-corrected chi connectivity index (χ1v) is 11.2. The highest BCUT2D eigenvalue weighted by Crippen LogP contribution is 2.44. The summed E-state index contributed by atoms with van der Waals surface area (Å²) in [5, 5.41) is 6.49. The van der Waals surface area contributed by atoms with Crippen LogP contribution in [0.15, 0.2) is 18.2 Å². The minimum atomic E-state index is -3.23. The summed E-state index contributed by atoms with van der Waals surface area (Å²) in [5.41, 5.74) is 1.96. The van der Waals surface area contributed by atoms with E-state index in [1.54, 1.807) is 0 Å². The van der Waals surface area contributed by atoms with E-state index in [4.69, 9.17) is 0 Å². The minimum absolute atomic E-state index is 0. The maximum absolute atomic E-state index is 13.1. The largest absolute Gasteiger partial charge is 0.325 e. The van der Waals surface area contributed by atoms with Gasteiger partial charge in [-0.05, 0) is 56.3 Å². The van der Waals surface area contributed by atoms with E-state index in [0.29, 0.717) is 30.3 Å². The molecule has 8 heteroatoms. The summed E-state index contributed by atoms with van der Waals surface area (Å²) in [5.74, 6) is 0.672. The van der Waals surface area contributed by atoms with E-state index in [1.165, 1.54) is 10.7 Å². The van der Waals surface area contributed by atoms with Crippen molar-refractivity contribution in [2.24, 2.45) is 11.3 Å². The third-order valence-electron chi connectivity index (χ3n) is 6.33. The van der Waals surface area contributed by atoms with Crippen LogP contribution in [0, 0.1) is 18.3 Å². The Balaban J connectivity index is 0.00000210. The molecule has 3 aliphatic rings. The van der Waals surface area contributed by atoms with Crippen LogP contribution in [0.3, 0.4) is 0 Å². The topological polar surface area (TPSA) is 78.5 Å². The number of carbonyl (C=O) groups is 1. The average molecular weight is 414 g/mol. The first kappa shape index (κ1) is 20.4. The highest BCUT2D eigenvalue weighted by molar-refractivity contribution is 7.93. The first-order chi connectivity index (χ1) is 12.4. The van der Waals surface area contributed by atoms with Gasteiger partial charge in [-0.25, -0.2) is 8.42 Å². The summed E-state index contributed by atoms with van der Waals surface area (Å²) >= 11 is 0. The number of halogens is 1. The molecule has 2 atom stereocenters. The van der Waals surface area contributed by atoms with Gasteiger partial charge >= 0.3 is 0 Å². The number of benzene rings is 1. The van der Waals surface area contributed by atoms with E-state index in [0.717, 1.165) is 37.9 Å². The molecule has 1 aromatic rings. The molecule has 1 saturated carbocycles. The van der Waals surface area contributed by atoms with Gasteiger partial charge < -0.3 is 10.6 Å². The first-order valence-electron chi connectivity index (χ1n) is 9.56. The number of nitrogens with one attached hydrogen (secondary N) is 2. The third-order valence-corrected chi connectivity index (χ3v) is 8.18. The summed E-state index contributed by atoms with van der Waals surface area (Å²) in [7, 11) is -3.23. The molecule has 0 spiro atoms. The Labute approximate surface area is 167 Å². The number of aryl methyl sites for hydroxylation is 1. The predicted molar refractivity (Wildman–Crippen MR) is 110 cm³/mol. The van der Waals surface area contributed by atoms with Crippen LogP contribution in [0.2, 0.25) is 0 Å². The molecular weight excluding hydrogens is 386 g/mol. The number of carbonyl (C=O) groups excluding carboxylic acids is 1. The number of sulfonamides is 1. The molecule has 150 valence electrons. The Morgan fingerprint density at radius 1 is 1.30 bits per heavy atom. The molecule has 0 bridgehead atoms. The second kappa shape index (κ2) is 7.60. The van der Waals surface area contributed by atoms with Crippen LogP contribution in [0.5, 0.6) is 0 Å². The Bertz CT molecular complexity index is 829. The van der Waals surface area contributed by atoms with Gasteiger partial charge in [-0.15, -0.1) is 12.4 Å². The molecule has 1 aromatic carbocycles. The van der Waals surface area contributed by atoms with Gasteiger partial charge in [0.05, 0.1) is 16.9 Å². The summed E-state index contributed by atoms with van der Waals surface area (Å²) in [6.07, 6.45) is 4.97. The van der Waals surface area contributed by atoms with E-state index in [9.17, 15) is 13.2 Å². The summed E-state index contributed by atoms with van der Waals surface area (Å²) in [6, 6.07) is 5.57. The van der Waals surface area contributed by atoms with Gasteiger partial charge in [-0.2, -0.15) is 0 Å². The maximum Gasteiger partial charge on any atom is 0.235 e. The zero-order chi connectivity index (χ0) is 18.4. The van der Waals surface area contributed by atoms with Crippen molar-refractivity contribution in [3.63, 3.8) is 0 Å². The van der Waals surface area contributed by atoms with Crippen LogP contribution in [0.1, 0.15) is 37.7 Å². The van der Waals surface area contributed by atoms with Crippen molar-refractivity contribution in [2.45, 2.75) is 39.0 Å². The molecule has 0 radical (unpaired) electrons. The monoisotopic (exact) mass is 413 g/mol. The fourth-order valence-corrected chi connectivity index (χ4v) is 6.43. The molecular formula is C19H28ClN3O3S. The van der Waals surface area contributed by atoms with Gasteiger partial charge in [-0.1, -0.05) is 18.9 Å². The van der Waals surface area contributed by atoms with Crippen molar-refractivity contribution >= 4 is 39.7 Å². The number of fused-ring (bicyclic) bond motifs is 1. The smallest absolute Gasteiger partial charge is 0.235 e. The lowest BCUT2D eigenvalue weighted by Crippen LogP contribution is -2.44. The van der Waals surface area contributed by atoms with E-state index < -0.39 is 10.0 Å². The number of hydrogen-bond donors (Lipinski definition) is 2. The van der Waals surface area contributed by atoms with Crippen molar-refractivity contribution in [2.75, 3.05) is 35.0 Å². The highest BCUT2D eigenvalue weighted by Gasteiger charge is 2.49. The predicted octanol–water partition coefficient (Wildman–Crippen LogP) is 2.68. The van der Waals surface area contributed by atoms with Gasteiger partial charge in [0.25, 0.3) is 0 Å². The van der Waals surface area contributed by atoms with Crippen LogP contribution in [-0.4, -0.2) is 39.7 Å². The molecule has 2 N–H and O–H groups in total. The van der Waals surface area contributed by atoms with E-state index in [1.807, 2.05) is 25.1 Å². The van der Waals surface area contributed by atoms with Crippen molar-refractivity contribution in [3.05, 3.63) is 23.8 Å². The van der Waals surface area contributed by atoms with Crippen molar-refractivity contribution in [1.82, 2.24) is 5.32 Å². The number of nitrogens with zero attached hydrogens (tertiary/aromatic N) is 1. The van der Waals surface area contributed by atoms with Crippen molar-refractivity contribution in [1.29, 1.82) is 0 Å². The van der Waals surface area contributed by atoms with E-state index >= 15 is 0 Å². The van der Waals surface area contributed by atoms with Gasteiger partial charge in [0.15, 0.2) is 0 Å². The maximum atomic E-state index is 13.1. The molecule has 4 rings (SSSR count). The Morgan fingerprint density at radius 2 is 2.11 bits per heavy atom. The lowest BCUT2D eigenvalue weighted by molar-refractivity contribution is -0.128. The summed E-state index contributed by atoms with van der Waals surface area (Å²) in [6.45, 7) is 4.07. The second-order valence-corrected chi connectivity index (χ2v) is 9.94. The van der Waals surface area contributed by atoms with Gasteiger partial charge in [0, 0.05) is 18.8 Å². The molecule has 27 heavy (non-hydrogen) atoms.